The lowest BCUT2D eigenvalue weighted by molar-refractivity contribution is -0.190. The average molecular weight is 325 g/mol. The Morgan fingerprint density at radius 1 is 1.43 bits per heavy atom. The molecule has 128 valence electrons. The van der Waals surface area contributed by atoms with Crippen molar-refractivity contribution >= 4 is 11.9 Å². The summed E-state index contributed by atoms with van der Waals surface area (Å²) >= 11 is 0. The van der Waals surface area contributed by atoms with Gasteiger partial charge in [0.25, 0.3) is 5.91 Å². The van der Waals surface area contributed by atoms with Gasteiger partial charge in [-0.2, -0.15) is 0 Å². The SMILES string of the molecule is CCOC1CC(NC(=O)c2ccc(COC)o2)(C(=O)O)C1(C)C. The molecule has 1 amide bonds. The fourth-order valence-electron chi connectivity index (χ4n) is 3.01. The number of carbonyl (C=O) groups excluding carboxylic acids is 1. The maximum atomic E-state index is 12.4. The van der Waals surface area contributed by atoms with Crippen molar-refractivity contribution in [3.63, 3.8) is 0 Å². The molecule has 2 N–H and O–H groups in total. The highest BCUT2D eigenvalue weighted by atomic mass is 16.5. The molecule has 7 nitrogen and oxygen atoms in total. The van der Waals surface area contributed by atoms with Crippen LogP contribution in [0.2, 0.25) is 0 Å². The first-order valence-electron chi connectivity index (χ1n) is 7.53. The van der Waals surface area contributed by atoms with E-state index in [1.807, 2.05) is 6.92 Å². The van der Waals surface area contributed by atoms with Crippen molar-refractivity contribution in [2.75, 3.05) is 13.7 Å². The van der Waals surface area contributed by atoms with Gasteiger partial charge in [-0.05, 0) is 19.1 Å². The van der Waals surface area contributed by atoms with Crippen LogP contribution in [0.25, 0.3) is 0 Å². The molecule has 1 heterocycles. The summed E-state index contributed by atoms with van der Waals surface area (Å²) in [6.07, 6.45) is 0.00476. The van der Waals surface area contributed by atoms with Gasteiger partial charge in [-0.3, -0.25) is 4.79 Å². The van der Waals surface area contributed by atoms with Crippen LogP contribution in [0.3, 0.4) is 0 Å². The summed E-state index contributed by atoms with van der Waals surface area (Å²) in [6.45, 7) is 6.16. The Morgan fingerprint density at radius 3 is 2.65 bits per heavy atom. The van der Waals surface area contributed by atoms with E-state index >= 15 is 0 Å². The third kappa shape index (κ3) is 2.86. The van der Waals surface area contributed by atoms with Crippen LogP contribution < -0.4 is 5.32 Å². The average Bonchev–Trinajstić information content (AvgIpc) is 2.94. The van der Waals surface area contributed by atoms with Gasteiger partial charge in [0.2, 0.25) is 0 Å². The smallest absolute Gasteiger partial charge is 0.330 e. The summed E-state index contributed by atoms with van der Waals surface area (Å²) in [5.74, 6) is -1.07. The molecule has 2 rings (SSSR count). The van der Waals surface area contributed by atoms with Crippen molar-refractivity contribution in [2.45, 2.75) is 45.4 Å². The second kappa shape index (κ2) is 6.33. The number of hydrogen-bond acceptors (Lipinski definition) is 5. The number of methoxy groups -OCH3 is 1. The molecule has 0 bridgehead atoms. The lowest BCUT2D eigenvalue weighted by Crippen LogP contribution is -2.76. The van der Waals surface area contributed by atoms with Crippen molar-refractivity contribution in [3.8, 4) is 0 Å². The molecule has 1 saturated carbocycles. The number of ether oxygens (including phenoxy) is 2. The third-order valence-electron chi connectivity index (χ3n) is 4.63. The molecular weight excluding hydrogens is 302 g/mol. The van der Waals surface area contributed by atoms with E-state index in [2.05, 4.69) is 5.32 Å². The van der Waals surface area contributed by atoms with Gasteiger partial charge in [0.15, 0.2) is 5.76 Å². The summed E-state index contributed by atoms with van der Waals surface area (Å²) in [6, 6.07) is 3.13. The molecule has 1 aromatic heterocycles. The monoisotopic (exact) mass is 325 g/mol. The summed E-state index contributed by atoms with van der Waals surface area (Å²) in [5, 5.41) is 12.3. The van der Waals surface area contributed by atoms with Crippen molar-refractivity contribution in [3.05, 3.63) is 23.7 Å². The van der Waals surface area contributed by atoms with Crippen LogP contribution in [0.1, 0.15) is 43.5 Å². The fraction of sp³-hybridized carbons (Fsp3) is 0.625. The zero-order valence-electron chi connectivity index (χ0n) is 13.8. The maximum Gasteiger partial charge on any atom is 0.330 e. The van der Waals surface area contributed by atoms with Crippen molar-refractivity contribution in [1.29, 1.82) is 0 Å². The van der Waals surface area contributed by atoms with Crippen LogP contribution in [-0.2, 0) is 20.9 Å². The minimum atomic E-state index is -1.38. The Bertz CT molecular complexity index is 593. The molecule has 2 atom stereocenters. The molecule has 0 radical (unpaired) electrons. The number of carbonyl (C=O) groups is 2. The minimum Gasteiger partial charge on any atom is -0.479 e. The number of amides is 1. The second-order valence-corrected chi connectivity index (χ2v) is 6.23. The van der Waals surface area contributed by atoms with Gasteiger partial charge in [0.05, 0.1) is 6.10 Å². The van der Waals surface area contributed by atoms with Gasteiger partial charge in [-0.25, -0.2) is 4.79 Å². The first-order chi connectivity index (χ1) is 10.8. The normalized spacial score (nSPS) is 25.7. The number of furan rings is 1. The molecule has 0 saturated heterocycles. The number of hydrogen-bond donors (Lipinski definition) is 2. The highest BCUT2D eigenvalue weighted by Crippen LogP contribution is 2.51. The Labute approximate surface area is 134 Å². The van der Waals surface area contributed by atoms with Crippen molar-refractivity contribution in [2.24, 2.45) is 5.41 Å². The van der Waals surface area contributed by atoms with Gasteiger partial charge < -0.3 is 24.3 Å². The molecule has 2 unspecified atom stereocenters. The first-order valence-corrected chi connectivity index (χ1v) is 7.53. The number of nitrogens with one attached hydrogen (secondary N) is 1. The number of rotatable bonds is 7. The van der Waals surface area contributed by atoms with E-state index in [1.54, 1.807) is 19.9 Å². The van der Waals surface area contributed by atoms with Crippen LogP contribution in [-0.4, -0.2) is 42.3 Å². The molecule has 1 aliphatic rings. The van der Waals surface area contributed by atoms with E-state index < -0.39 is 22.8 Å². The summed E-state index contributed by atoms with van der Waals surface area (Å²) in [4.78, 5) is 24.2. The van der Waals surface area contributed by atoms with Crippen LogP contribution in [0, 0.1) is 5.41 Å². The third-order valence-corrected chi connectivity index (χ3v) is 4.63. The largest absolute Gasteiger partial charge is 0.479 e. The van der Waals surface area contributed by atoms with Gasteiger partial charge >= 0.3 is 5.97 Å². The highest BCUT2D eigenvalue weighted by Gasteiger charge is 2.66. The van der Waals surface area contributed by atoms with E-state index in [0.717, 1.165) is 0 Å². The van der Waals surface area contributed by atoms with Gasteiger partial charge in [0.1, 0.15) is 17.9 Å². The number of aliphatic carboxylic acids is 1. The number of carboxylic acid groups (broad SMARTS) is 1. The lowest BCUT2D eigenvalue weighted by atomic mass is 9.54. The zero-order valence-corrected chi connectivity index (χ0v) is 13.8. The van der Waals surface area contributed by atoms with Crippen LogP contribution in [0.5, 0.6) is 0 Å². The highest BCUT2D eigenvalue weighted by molar-refractivity contribution is 5.97. The van der Waals surface area contributed by atoms with E-state index in [9.17, 15) is 14.7 Å². The standard InChI is InChI=1S/C16H23NO6/c1-5-22-12-8-16(14(19)20,15(12,2)3)17-13(18)11-7-6-10(23-11)9-21-4/h6-7,12H,5,8-9H2,1-4H3,(H,17,18)(H,19,20). The molecule has 0 aromatic carbocycles. The molecule has 7 heteroatoms. The van der Waals surface area contributed by atoms with Crippen LogP contribution >= 0.6 is 0 Å². The first kappa shape index (κ1) is 17.5. The molecule has 1 aliphatic carbocycles. The van der Waals surface area contributed by atoms with E-state index in [0.29, 0.717) is 12.4 Å². The molecule has 1 fully saturated rings. The van der Waals surface area contributed by atoms with E-state index in [1.165, 1.54) is 13.2 Å². The Balaban J connectivity index is 2.17. The summed E-state index contributed by atoms with van der Waals surface area (Å²) < 4.78 is 15.9. The molecule has 23 heavy (non-hydrogen) atoms. The molecule has 0 spiro atoms. The Hall–Kier alpha value is -1.86. The van der Waals surface area contributed by atoms with Gasteiger partial charge in [-0.15, -0.1) is 0 Å². The van der Waals surface area contributed by atoms with E-state index in [4.69, 9.17) is 13.9 Å². The fourth-order valence-corrected chi connectivity index (χ4v) is 3.01. The van der Waals surface area contributed by atoms with Crippen molar-refractivity contribution < 1.29 is 28.6 Å². The Morgan fingerprint density at radius 2 is 2.13 bits per heavy atom. The quantitative estimate of drug-likeness (QED) is 0.793. The second-order valence-electron chi connectivity index (χ2n) is 6.23. The topological polar surface area (TPSA) is 98.0 Å². The predicted molar refractivity (Wildman–Crippen MR) is 81.1 cm³/mol. The lowest BCUT2D eigenvalue weighted by Gasteiger charge is -2.58. The van der Waals surface area contributed by atoms with Crippen molar-refractivity contribution in [1.82, 2.24) is 5.32 Å². The Kier molecular flexibility index (Phi) is 4.81. The molecule has 1 aromatic rings. The molecule has 0 aliphatic heterocycles. The predicted octanol–water partition coefficient (Wildman–Crippen LogP) is 1.81. The van der Waals surface area contributed by atoms with E-state index in [-0.39, 0.29) is 24.9 Å². The van der Waals surface area contributed by atoms with Crippen LogP contribution in [0.4, 0.5) is 0 Å². The maximum absolute atomic E-state index is 12.4. The van der Waals surface area contributed by atoms with Crippen LogP contribution in [0.15, 0.2) is 16.5 Å². The zero-order chi connectivity index (χ0) is 17.3. The van der Waals surface area contributed by atoms with Gasteiger partial charge in [-0.1, -0.05) is 13.8 Å². The minimum absolute atomic E-state index is 0.0633. The molecular formula is C16H23NO6. The summed E-state index contributed by atoms with van der Waals surface area (Å²) in [7, 11) is 1.52. The summed E-state index contributed by atoms with van der Waals surface area (Å²) in [5.41, 5.74) is -2.11. The number of carboxylic acids is 1. The van der Waals surface area contributed by atoms with Gasteiger partial charge in [0, 0.05) is 25.6 Å².